The molecular formula is C15H13NO3. The molecule has 0 atom stereocenters. The number of hydrogen-bond acceptors (Lipinski definition) is 3. The zero-order chi connectivity index (χ0) is 13.7. The fourth-order valence-electron chi connectivity index (χ4n) is 1.78. The van der Waals surface area contributed by atoms with Crippen LogP contribution in [-0.4, -0.2) is 23.9 Å². The molecule has 0 N–H and O–H groups in total. The number of hydrogen-bond donors (Lipinski definition) is 0. The van der Waals surface area contributed by atoms with Crippen LogP contribution in [0.1, 0.15) is 16.1 Å². The first kappa shape index (κ1) is 12.8. The van der Waals surface area contributed by atoms with Gasteiger partial charge in [-0.1, -0.05) is 30.3 Å². The minimum Gasteiger partial charge on any atom is -0.466 e. The second-order valence-corrected chi connectivity index (χ2v) is 3.84. The summed E-state index contributed by atoms with van der Waals surface area (Å²) in [6, 6.07) is 12.8. The molecule has 19 heavy (non-hydrogen) atoms. The monoisotopic (exact) mass is 255 g/mol. The van der Waals surface area contributed by atoms with Gasteiger partial charge >= 0.3 is 5.97 Å². The van der Waals surface area contributed by atoms with Crippen molar-refractivity contribution in [1.29, 1.82) is 0 Å². The van der Waals surface area contributed by atoms with Gasteiger partial charge in [-0.3, -0.25) is 4.79 Å². The van der Waals surface area contributed by atoms with E-state index in [9.17, 15) is 9.59 Å². The van der Waals surface area contributed by atoms with Crippen molar-refractivity contribution < 1.29 is 14.3 Å². The molecule has 0 unspecified atom stereocenters. The zero-order valence-electron chi connectivity index (χ0n) is 10.4. The van der Waals surface area contributed by atoms with Crippen molar-refractivity contribution in [2.24, 2.45) is 0 Å². The summed E-state index contributed by atoms with van der Waals surface area (Å²) in [5.74, 6) is -0.468. The van der Waals surface area contributed by atoms with Gasteiger partial charge in [0.1, 0.15) is 0 Å². The fraction of sp³-hybridized carbons (Fsp3) is 0.0667. The van der Waals surface area contributed by atoms with Gasteiger partial charge in [0.25, 0.3) is 0 Å². The van der Waals surface area contributed by atoms with Crippen molar-refractivity contribution in [3.63, 3.8) is 0 Å². The van der Waals surface area contributed by atoms with E-state index in [0.29, 0.717) is 11.4 Å². The Hall–Kier alpha value is -2.62. The molecule has 0 saturated heterocycles. The molecule has 0 saturated carbocycles. The predicted octanol–water partition coefficient (Wildman–Crippen LogP) is 2.36. The van der Waals surface area contributed by atoms with Gasteiger partial charge in [-0.2, -0.15) is 0 Å². The Balaban J connectivity index is 2.56. The molecule has 0 fully saturated rings. The number of aromatic nitrogens is 1. The summed E-state index contributed by atoms with van der Waals surface area (Å²) < 4.78 is 6.31. The highest BCUT2D eigenvalue weighted by Gasteiger charge is 2.10. The highest BCUT2D eigenvalue weighted by molar-refractivity contribution is 5.92. The molecule has 4 heteroatoms. The number of aldehydes is 1. The van der Waals surface area contributed by atoms with Crippen molar-refractivity contribution in [3.8, 4) is 0 Å². The predicted molar refractivity (Wildman–Crippen MR) is 71.7 cm³/mol. The number of benzene rings is 1. The van der Waals surface area contributed by atoms with Gasteiger partial charge < -0.3 is 9.30 Å². The number of nitrogens with zero attached hydrogens (tertiary/aromatic N) is 1. The topological polar surface area (TPSA) is 48.3 Å². The number of ether oxygens (including phenoxy) is 1. The molecule has 96 valence electrons. The smallest absolute Gasteiger partial charge is 0.332 e. The Labute approximate surface area is 110 Å². The third-order valence-electron chi connectivity index (χ3n) is 2.69. The van der Waals surface area contributed by atoms with Crippen LogP contribution in [-0.2, 0) is 9.53 Å². The molecule has 1 aromatic heterocycles. The number of esters is 1. The van der Waals surface area contributed by atoms with E-state index < -0.39 is 5.97 Å². The molecule has 0 bridgehead atoms. The molecule has 0 radical (unpaired) electrons. The van der Waals surface area contributed by atoms with Crippen LogP contribution in [0, 0.1) is 0 Å². The van der Waals surface area contributed by atoms with E-state index in [0.717, 1.165) is 11.8 Å². The maximum Gasteiger partial charge on any atom is 0.332 e. The molecule has 0 amide bonds. The average Bonchev–Trinajstić information content (AvgIpc) is 2.93. The van der Waals surface area contributed by atoms with E-state index in [-0.39, 0.29) is 0 Å². The number of rotatable bonds is 4. The van der Waals surface area contributed by atoms with E-state index in [1.807, 2.05) is 30.3 Å². The van der Waals surface area contributed by atoms with Crippen LogP contribution in [0.5, 0.6) is 0 Å². The molecule has 1 aromatic carbocycles. The molecule has 2 aromatic rings. The van der Waals surface area contributed by atoms with E-state index in [1.165, 1.54) is 13.2 Å². The van der Waals surface area contributed by atoms with E-state index in [1.54, 1.807) is 22.9 Å². The molecule has 2 rings (SSSR count). The van der Waals surface area contributed by atoms with Crippen LogP contribution in [0.25, 0.3) is 5.70 Å². The number of methoxy groups -OCH3 is 1. The van der Waals surface area contributed by atoms with Crippen molar-refractivity contribution in [1.82, 2.24) is 4.57 Å². The van der Waals surface area contributed by atoms with Crippen molar-refractivity contribution in [2.45, 2.75) is 0 Å². The van der Waals surface area contributed by atoms with Gasteiger partial charge in [0, 0.05) is 12.3 Å². The highest BCUT2D eigenvalue weighted by atomic mass is 16.5. The van der Waals surface area contributed by atoms with Gasteiger partial charge in [-0.05, 0) is 17.7 Å². The van der Waals surface area contributed by atoms with Crippen molar-refractivity contribution in [2.75, 3.05) is 7.11 Å². The molecular weight excluding hydrogens is 242 g/mol. The standard InChI is InChI=1S/C15H13NO3/c1-19-15(18)10-14(12-6-3-2-4-7-12)16-9-5-8-13(16)11-17/h2-11H,1H3/b14-10-. The largest absolute Gasteiger partial charge is 0.466 e. The Morgan fingerprint density at radius 2 is 1.89 bits per heavy atom. The first-order valence-corrected chi connectivity index (χ1v) is 5.74. The minimum absolute atomic E-state index is 0.468. The SMILES string of the molecule is COC(=O)/C=C(/c1ccccc1)n1cccc1C=O. The summed E-state index contributed by atoms with van der Waals surface area (Å²) in [5.41, 5.74) is 1.89. The zero-order valence-corrected chi connectivity index (χ0v) is 10.4. The summed E-state index contributed by atoms with van der Waals surface area (Å²) in [6.07, 6.45) is 3.84. The van der Waals surface area contributed by atoms with Crippen molar-refractivity contribution >= 4 is 18.0 Å². The molecule has 0 aliphatic heterocycles. The lowest BCUT2D eigenvalue weighted by Crippen LogP contribution is -2.05. The van der Waals surface area contributed by atoms with Crippen molar-refractivity contribution in [3.05, 3.63) is 66.0 Å². The van der Waals surface area contributed by atoms with Crippen LogP contribution in [0.4, 0.5) is 0 Å². The Morgan fingerprint density at radius 1 is 1.16 bits per heavy atom. The third-order valence-corrected chi connectivity index (χ3v) is 2.69. The molecule has 0 spiro atoms. The van der Waals surface area contributed by atoms with Crippen LogP contribution in [0.15, 0.2) is 54.7 Å². The normalized spacial score (nSPS) is 11.1. The lowest BCUT2D eigenvalue weighted by atomic mass is 10.1. The summed E-state index contributed by atoms with van der Waals surface area (Å²) in [6.45, 7) is 0. The molecule has 4 nitrogen and oxygen atoms in total. The molecule has 1 heterocycles. The maximum atomic E-state index is 11.5. The maximum absolute atomic E-state index is 11.5. The summed E-state index contributed by atoms with van der Waals surface area (Å²) in [4.78, 5) is 22.5. The van der Waals surface area contributed by atoms with Gasteiger partial charge in [-0.15, -0.1) is 0 Å². The lowest BCUT2D eigenvalue weighted by Gasteiger charge is -2.11. The van der Waals surface area contributed by atoms with E-state index in [2.05, 4.69) is 4.74 Å². The quantitative estimate of drug-likeness (QED) is 0.478. The lowest BCUT2D eigenvalue weighted by molar-refractivity contribution is -0.134. The first-order valence-electron chi connectivity index (χ1n) is 5.74. The Bertz CT molecular complexity index is 611. The van der Waals surface area contributed by atoms with Crippen LogP contribution < -0.4 is 0 Å². The second-order valence-electron chi connectivity index (χ2n) is 3.84. The molecule has 0 aliphatic rings. The third kappa shape index (κ3) is 2.80. The first-order chi connectivity index (χ1) is 9.26. The van der Waals surface area contributed by atoms with E-state index in [4.69, 9.17) is 0 Å². The van der Waals surface area contributed by atoms with E-state index >= 15 is 0 Å². The average molecular weight is 255 g/mol. The second kappa shape index (κ2) is 5.82. The van der Waals surface area contributed by atoms with Crippen LogP contribution in [0.3, 0.4) is 0 Å². The van der Waals surface area contributed by atoms with Gasteiger partial charge in [0.15, 0.2) is 6.29 Å². The molecule has 0 aliphatic carbocycles. The Morgan fingerprint density at radius 3 is 2.53 bits per heavy atom. The fourth-order valence-corrected chi connectivity index (χ4v) is 1.78. The Kier molecular flexibility index (Phi) is 3.93. The van der Waals surface area contributed by atoms with Crippen LogP contribution in [0.2, 0.25) is 0 Å². The van der Waals surface area contributed by atoms with Gasteiger partial charge in [0.2, 0.25) is 0 Å². The summed E-state index contributed by atoms with van der Waals surface area (Å²) in [7, 11) is 1.32. The number of carbonyl (C=O) groups excluding carboxylic acids is 2. The minimum atomic E-state index is -0.468. The van der Waals surface area contributed by atoms with Gasteiger partial charge in [-0.25, -0.2) is 4.79 Å². The van der Waals surface area contributed by atoms with Gasteiger partial charge in [0.05, 0.1) is 18.5 Å². The summed E-state index contributed by atoms with van der Waals surface area (Å²) >= 11 is 0. The highest BCUT2D eigenvalue weighted by Crippen LogP contribution is 2.19. The van der Waals surface area contributed by atoms with Crippen LogP contribution >= 0.6 is 0 Å². The summed E-state index contributed by atoms with van der Waals surface area (Å²) in [5, 5.41) is 0. The number of carbonyl (C=O) groups is 2.